The Labute approximate surface area is 75.3 Å². The van der Waals surface area contributed by atoms with Crippen molar-refractivity contribution in [3.63, 3.8) is 0 Å². The van der Waals surface area contributed by atoms with Gasteiger partial charge in [-0.15, -0.1) is 5.10 Å². The average Bonchev–Trinajstić information content (AvgIpc) is 2.28. The number of carboxylic acid groups (broad SMARTS) is 1. The van der Waals surface area contributed by atoms with Gasteiger partial charge in [0, 0.05) is 0 Å². The number of rotatable bonds is 1. The SMILES string of the molecule is CC(C)(C)n1nnc(C(=O)O)c1N. The molecule has 0 bridgehead atoms. The first-order chi connectivity index (χ1) is 5.84. The summed E-state index contributed by atoms with van der Waals surface area (Å²) in [4.78, 5) is 10.6. The average molecular weight is 184 g/mol. The van der Waals surface area contributed by atoms with E-state index < -0.39 is 5.97 Å². The zero-order valence-corrected chi connectivity index (χ0v) is 7.77. The minimum Gasteiger partial charge on any atom is -0.476 e. The second-order valence-corrected chi connectivity index (χ2v) is 3.71. The molecule has 3 N–H and O–H groups in total. The molecule has 0 amide bonds. The third kappa shape index (κ3) is 1.61. The molecule has 0 saturated heterocycles. The highest BCUT2D eigenvalue weighted by Crippen LogP contribution is 2.18. The molecule has 0 fully saturated rings. The maximum absolute atomic E-state index is 10.6. The third-order valence-electron chi connectivity index (χ3n) is 1.54. The van der Waals surface area contributed by atoms with Gasteiger partial charge in [0.15, 0.2) is 5.82 Å². The van der Waals surface area contributed by atoms with E-state index in [1.807, 2.05) is 20.8 Å². The van der Waals surface area contributed by atoms with Crippen LogP contribution in [-0.2, 0) is 5.54 Å². The number of hydrogen-bond donors (Lipinski definition) is 2. The van der Waals surface area contributed by atoms with Gasteiger partial charge in [-0.3, -0.25) is 0 Å². The van der Waals surface area contributed by atoms with Gasteiger partial charge in [-0.25, -0.2) is 9.48 Å². The van der Waals surface area contributed by atoms with Gasteiger partial charge in [0.05, 0.1) is 5.54 Å². The Morgan fingerprint density at radius 2 is 2.08 bits per heavy atom. The number of anilines is 1. The van der Waals surface area contributed by atoms with Crippen LogP contribution in [0.4, 0.5) is 5.82 Å². The van der Waals surface area contributed by atoms with Crippen LogP contribution in [0.25, 0.3) is 0 Å². The number of carboxylic acids is 1. The van der Waals surface area contributed by atoms with Crippen LogP contribution < -0.4 is 5.73 Å². The van der Waals surface area contributed by atoms with Gasteiger partial charge in [0.1, 0.15) is 0 Å². The molecule has 6 heteroatoms. The van der Waals surface area contributed by atoms with Gasteiger partial charge in [-0.1, -0.05) is 5.21 Å². The summed E-state index contributed by atoms with van der Waals surface area (Å²) in [5, 5.41) is 15.8. The van der Waals surface area contributed by atoms with Crippen molar-refractivity contribution in [2.75, 3.05) is 5.73 Å². The summed E-state index contributed by atoms with van der Waals surface area (Å²) in [5.74, 6) is -1.08. The zero-order valence-electron chi connectivity index (χ0n) is 7.77. The third-order valence-corrected chi connectivity index (χ3v) is 1.54. The van der Waals surface area contributed by atoms with E-state index in [1.54, 1.807) is 0 Å². The van der Waals surface area contributed by atoms with Crippen LogP contribution in [-0.4, -0.2) is 26.1 Å². The van der Waals surface area contributed by atoms with Crippen LogP contribution >= 0.6 is 0 Å². The van der Waals surface area contributed by atoms with Crippen LogP contribution in [0, 0.1) is 0 Å². The number of carbonyl (C=O) groups is 1. The molecular weight excluding hydrogens is 172 g/mol. The first kappa shape index (κ1) is 9.50. The fourth-order valence-electron chi connectivity index (χ4n) is 0.937. The second-order valence-electron chi connectivity index (χ2n) is 3.71. The lowest BCUT2D eigenvalue weighted by Crippen LogP contribution is -2.25. The molecule has 1 heterocycles. The summed E-state index contributed by atoms with van der Waals surface area (Å²) < 4.78 is 1.39. The van der Waals surface area contributed by atoms with Gasteiger partial charge in [0.2, 0.25) is 5.69 Å². The van der Waals surface area contributed by atoms with Crippen molar-refractivity contribution in [2.24, 2.45) is 0 Å². The van der Waals surface area contributed by atoms with Gasteiger partial charge in [-0.05, 0) is 20.8 Å². The summed E-state index contributed by atoms with van der Waals surface area (Å²) in [6.07, 6.45) is 0. The minimum atomic E-state index is -1.16. The molecule has 0 aliphatic rings. The van der Waals surface area contributed by atoms with Crippen LogP contribution in [0.3, 0.4) is 0 Å². The molecule has 0 aliphatic heterocycles. The fourth-order valence-corrected chi connectivity index (χ4v) is 0.937. The molecule has 0 aliphatic carbocycles. The first-order valence-electron chi connectivity index (χ1n) is 3.79. The minimum absolute atomic E-state index is 0.0833. The quantitative estimate of drug-likeness (QED) is 0.655. The standard InChI is InChI=1S/C7H12N4O2/c1-7(2,3)11-5(8)4(6(12)13)9-10-11/h8H2,1-3H3,(H,12,13). The normalized spacial score (nSPS) is 11.6. The van der Waals surface area contributed by atoms with E-state index >= 15 is 0 Å². The van der Waals surface area contributed by atoms with Gasteiger partial charge < -0.3 is 10.8 Å². The molecular formula is C7H12N4O2. The Morgan fingerprint density at radius 3 is 2.31 bits per heavy atom. The first-order valence-corrected chi connectivity index (χ1v) is 3.79. The molecule has 1 aromatic heterocycles. The van der Waals surface area contributed by atoms with Crippen molar-refractivity contribution in [2.45, 2.75) is 26.3 Å². The lowest BCUT2D eigenvalue weighted by Gasteiger charge is -2.19. The lowest BCUT2D eigenvalue weighted by atomic mass is 10.1. The smallest absolute Gasteiger partial charge is 0.360 e. The summed E-state index contributed by atoms with van der Waals surface area (Å²) in [6.45, 7) is 5.59. The van der Waals surface area contributed by atoms with E-state index in [1.165, 1.54) is 4.68 Å². The largest absolute Gasteiger partial charge is 0.476 e. The number of nitrogens with two attached hydrogens (primary N) is 1. The van der Waals surface area contributed by atoms with Crippen molar-refractivity contribution in [1.29, 1.82) is 0 Å². The Bertz CT molecular complexity index is 337. The molecule has 0 radical (unpaired) electrons. The number of aromatic nitrogens is 3. The van der Waals surface area contributed by atoms with Crippen molar-refractivity contribution in [3.8, 4) is 0 Å². The van der Waals surface area contributed by atoms with Crippen molar-refractivity contribution >= 4 is 11.8 Å². The topological polar surface area (TPSA) is 94.0 Å². The van der Waals surface area contributed by atoms with E-state index in [0.717, 1.165) is 0 Å². The molecule has 1 rings (SSSR count). The fraction of sp³-hybridized carbons (Fsp3) is 0.571. The molecule has 72 valence electrons. The van der Waals surface area contributed by atoms with Crippen molar-refractivity contribution in [1.82, 2.24) is 15.0 Å². The summed E-state index contributed by atoms with van der Waals surface area (Å²) in [5.41, 5.74) is 4.99. The molecule has 13 heavy (non-hydrogen) atoms. The van der Waals surface area contributed by atoms with E-state index in [4.69, 9.17) is 10.8 Å². The van der Waals surface area contributed by atoms with E-state index in [2.05, 4.69) is 10.3 Å². The van der Waals surface area contributed by atoms with E-state index in [9.17, 15) is 4.79 Å². The van der Waals surface area contributed by atoms with Crippen LogP contribution in [0.2, 0.25) is 0 Å². The maximum Gasteiger partial charge on any atom is 0.360 e. The Morgan fingerprint density at radius 1 is 1.54 bits per heavy atom. The van der Waals surface area contributed by atoms with E-state index in [-0.39, 0.29) is 17.1 Å². The predicted octanol–water partition coefficient (Wildman–Crippen LogP) is 0.313. The molecule has 0 atom stereocenters. The maximum atomic E-state index is 10.6. The summed E-state index contributed by atoms with van der Waals surface area (Å²) in [6, 6.07) is 0. The van der Waals surface area contributed by atoms with Crippen molar-refractivity contribution < 1.29 is 9.90 Å². The highest BCUT2D eigenvalue weighted by Gasteiger charge is 2.23. The highest BCUT2D eigenvalue weighted by atomic mass is 16.4. The van der Waals surface area contributed by atoms with Gasteiger partial charge >= 0.3 is 5.97 Å². The molecule has 0 saturated carbocycles. The van der Waals surface area contributed by atoms with Gasteiger partial charge in [-0.2, -0.15) is 0 Å². The number of hydrogen-bond acceptors (Lipinski definition) is 4. The molecule has 1 aromatic rings. The summed E-state index contributed by atoms with van der Waals surface area (Å²) in [7, 11) is 0. The monoisotopic (exact) mass is 184 g/mol. The number of aromatic carboxylic acids is 1. The Balaban J connectivity index is 3.22. The zero-order chi connectivity index (χ0) is 10.2. The van der Waals surface area contributed by atoms with Crippen LogP contribution in [0.15, 0.2) is 0 Å². The lowest BCUT2D eigenvalue weighted by molar-refractivity contribution is 0.0691. The van der Waals surface area contributed by atoms with Crippen molar-refractivity contribution in [3.05, 3.63) is 5.69 Å². The molecule has 0 spiro atoms. The molecule has 0 aromatic carbocycles. The Kier molecular flexibility index (Phi) is 1.99. The Hall–Kier alpha value is -1.59. The van der Waals surface area contributed by atoms with Crippen LogP contribution in [0.1, 0.15) is 31.3 Å². The predicted molar refractivity (Wildman–Crippen MR) is 46.4 cm³/mol. The van der Waals surface area contributed by atoms with Crippen LogP contribution in [0.5, 0.6) is 0 Å². The van der Waals surface area contributed by atoms with Gasteiger partial charge in [0.25, 0.3) is 0 Å². The molecule has 6 nitrogen and oxygen atoms in total. The number of nitrogens with zero attached hydrogens (tertiary/aromatic N) is 3. The second kappa shape index (κ2) is 2.72. The number of nitrogen functional groups attached to an aromatic ring is 1. The molecule has 0 unspecified atom stereocenters. The summed E-state index contributed by atoms with van der Waals surface area (Å²) >= 11 is 0. The van der Waals surface area contributed by atoms with E-state index in [0.29, 0.717) is 0 Å². The highest BCUT2D eigenvalue weighted by molar-refractivity contribution is 5.90.